The molecular weight excluding hydrogens is 140 g/mol. The Bertz CT molecular complexity index is 121. The predicted octanol–water partition coefficient (Wildman–Crippen LogP) is 2.44. The molecule has 0 heterocycles. The first-order valence-corrected chi connectivity index (χ1v) is 6.05. The molecule has 0 aliphatic rings. The van der Waals surface area contributed by atoms with Crippen molar-refractivity contribution in [3.05, 3.63) is 24.6 Å². The van der Waals surface area contributed by atoms with Crippen LogP contribution in [0.3, 0.4) is 0 Å². The van der Waals surface area contributed by atoms with E-state index >= 15 is 0 Å². The molecule has 0 radical (unpaired) electrons. The van der Waals surface area contributed by atoms with Gasteiger partial charge in [-0.15, -0.1) is 13.2 Å². The summed E-state index contributed by atoms with van der Waals surface area (Å²) in [5.41, 5.74) is 3.78. The monoisotopic (exact) mass is 156 g/mol. The summed E-state index contributed by atoms with van der Waals surface area (Å²) in [7, 11) is -1.73. The molecule has 0 saturated carbocycles. The van der Waals surface area contributed by atoms with Crippen molar-refractivity contribution in [1.29, 1.82) is 0 Å². The molecule has 0 saturated heterocycles. The molecule has 0 aliphatic carbocycles. The van der Waals surface area contributed by atoms with Crippen LogP contribution in [0.15, 0.2) is 24.6 Å². The molecule has 0 aromatic heterocycles. The summed E-state index contributed by atoms with van der Waals surface area (Å²) in [5.74, 6) is 0. The Hall–Kier alpha value is -0.343. The van der Waals surface area contributed by atoms with E-state index in [4.69, 9.17) is 4.43 Å². The second-order valence-corrected chi connectivity index (χ2v) is 6.18. The van der Waals surface area contributed by atoms with E-state index in [0.717, 1.165) is 0 Å². The molecule has 0 unspecified atom stereocenters. The number of hydrogen-bond acceptors (Lipinski definition) is 1. The highest BCUT2D eigenvalue weighted by Crippen LogP contribution is 2.09. The molecule has 1 nitrogen and oxygen atoms in total. The van der Waals surface area contributed by atoms with Crippen molar-refractivity contribution in [3.63, 3.8) is 0 Å². The van der Waals surface area contributed by atoms with Crippen LogP contribution in [0.2, 0.25) is 6.55 Å². The first-order chi connectivity index (χ1) is 4.54. The van der Waals surface area contributed by atoms with Crippen LogP contribution in [0, 0.1) is 0 Å². The van der Waals surface area contributed by atoms with Gasteiger partial charge in [-0.1, -0.05) is 11.4 Å². The van der Waals surface area contributed by atoms with E-state index in [1.807, 2.05) is 25.2 Å². The molecule has 0 amide bonds. The van der Waals surface area contributed by atoms with E-state index < -0.39 is 8.32 Å². The van der Waals surface area contributed by atoms with Crippen molar-refractivity contribution in [3.8, 4) is 0 Å². The van der Waals surface area contributed by atoms with E-state index in [1.54, 1.807) is 0 Å². The fraction of sp³-hybridized carbons (Fsp3) is 0.500. The van der Waals surface area contributed by atoms with Crippen LogP contribution >= 0.6 is 0 Å². The lowest BCUT2D eigenvalue weighted by molar-refractivity contribution is 0.240. The summed E-state index contributed by atoms with van der Waals surface area (Å²) in [5, 5.41) is 0. The van der Waals surface area contributed by atoms with Crippen molar-refractivity contribution < 1.29 is 4.43 Å². The Morgan fingerprint density at radius 3 is 1.80 bits per heavy atom. The van der Waals surface area contributed by atoms with Crippen LogP contribution in [-0.4, -0.2) is 14.4 Å². The molecular formula is C8H16OSi. The molecule has 0 fully saturated rings. The average molecular weight is 156 g/mol. The minimum Gasteiger partial charge on any atom is -0.407 e. The Morgan fingerprint density at radius 2 is 1.70 bits per heavy atom. The normalized spacial score (nSPS) is 11.6. The molecule has 0 aliphatic heterocycles. The highest BCUT2D eigenvalue weighted by Gasteiger charge is 2.21. The smallest absolute Gasteiger partial charge is 0.237 e. The van der Waals surface area contributed by atoms with Crippen LogP contribution < -0.4 is 0 Å². The van der Waals surface area contributed by atoms with E-state index in [0.29, 0.717) is 0 Å². The van der Waals surface area contributed by atoms with Gasteiger partial charge >= 0.3 is 0 Å². The van der Waals surface area contributed by atoms with Gasteiger partial charge in [0.05, 0.1) is 0 Å². The maximum Gasteiger partial charge on any atom is 0.237 e. The van der Waals surface area contributed by atoms with E-state index in [-0.39, 0.29) is 6.10 Å². The summed E-state index contributed by atoms with van der Waals surface area (Å²) >= 11 is 0. The molecule has 0 aromatic carbocycles. The van der Waals surface area contributed by atoms with Gasteiger partial charge in [0.15, 0.2) is 0 Å². The van der Waals surface area contributed by atoms with Crippen molar-refractivity contribution in [2.75, 3.05) is 0 Å². The van der Waals surface area contributed by atoms with Gasteiger partial charge in [-0.2, -0.15) is 0 Å². The molecule has 0 N–H and O–H groups in total. The lowest BCUT2D eigenvalue weighted by Gasteiger charge is -2.21. The Morgan fingerprint density at radius 1 is 1.30 bits per heavy atom. The Kier molecular flexibility index (Phi) is 3.61. The van der Waals surface area contributed by atoms with Crippen LogP contribution in [-0.2, 0) is 4.43 Å². The lowest BCUT2D eigenvalue weighted by atomic mass is 10.5. The third-order valence-electron chi connectivity index (χ3n) is 1.30. The third kappa shape index (κ3) is 2.99. The first-order valence-electron chi connectivity index (χ1n) is 3.49. The molecule has 0 aromatic rings. The zero-order chi connectivity index (χ0) is 8.20. The van der Waals surface area contributed by atoms with Gasteiger partial charge < -0.3 is 4.43 Å². The summed E-state index contributed by atoms with van der Waals surface area (Å²) in [6, 6.07) is 0. The van der Waals surface area contributed by atoms with Crippen LogP contribution in [0.1, 0.15) is 13.8 Å². The average Bonchev–Trinajstić information content (AvgIpc) is 1.87. The summed E-state index contributed by atoms with van der Waals surface area (Å²) in [4.78, 5) is 0. The van der Waals surface area contributed by atoms with Gasteiger partial charge in [-0.3, -0.25) is 0 Å². The number of rotatable bonds is 4. The van der Waals surface area contributed by atoms with Gasteiger partial charge in [0.1, 0.15) is 0 Å². The van der Waals surface area contributed by atoms with Crippen molar-refractivity contribution in [2.45, 2.75) is 26.5 Å². The quantitative estimate of drug-likeness (QED) is 0.568. The van der Waals surface area contributed by atoms with E-state index in [9.17, 15) is 0 Å². The SMILES string of the molecule is C=C[Si](C)(C=C)OC(C)C. The Labute approximate surface area is 64.5 Å². The van der Waals surface area contributed by atoms with Crippen molar-refractivity contribution >= 4 is 8.32 Å². The fourth-order valence-corrected chi connectivity index (χ4v) is 2.06. The largest absolute Gasteiger partial charge is 0.407 e. The second kappa shape index (κ2) is 3.74. The second-order valence-electron chi connectivity index (χ2n) is 2.76. The van der Waals surface area contributed by atoms with E-state index in [2.05, 4.69) is 19.7 Å². The fourth-order valence-electron chi connectivity index (χ4n) is 0.687. The van der Waals surface area contributed by atoms with Crippen molar-refractivity contribution in [1.82, 2.24) is 0 Å². The topological polar surface area (TPSA) is 9.23 Å². The van der Waals surface area contributed by atoms with E-state index in [1.165, 1.54) is 0 Å². The minimum absolute atomic E-state index is 0.271. The van der Waals surface area contributed by atoms with Crippen LogP contribution in [0.4, 0.5) is 0 Å². The first kappa shape index (κ1) is 9.66. The molecule has 10 heavy (non-hydrogen) atoms. The van der Waals surface area contributed by atoms with Gasteiger partial charge in [-0.05, 0) is 20.4 Å². The maximum atomic E-state index is 5.64. The van der Waals surface area contributed by atoms with Gasteiger partial charge in [0, 0.05) is 6.10 Å². The zero-order valence-electron chi connectivity index (χ0n) is 7.05. The molecule has 0 bridgehead atoms. The summed E-state index contributed by atoms with van der Waals surface area (Å²) in [6.07, 6.45) is 0.271. The zero-order valence-corrected chi connectivity index (χ0v) is 8.05. The van der Waals surface area contributed by atoms with Gasteiger partial charge in [0.2, 0.25) is 8.32 Å². The van der Waals surface area contributed by atoms with Gasteiger partial charge in [-0.25, -0.2) is 0 Å². The molecule has 0 atom stereocenters. The third-order valence-corrected chi connectivity index (χ3v) is 3.90. The summed E-state index contributed by atoms with van der Waals surface area (Å²) in [6.45, 7) is 13.6. The lowest BCUT2D eigenvalue weighted by Crippen LogP contribution is -2.32. The summed E-state index contributed by atoms with van der Waals surface area (Å²) < 4.78 is 5.64. The molecule has 0 rings (SSSR count). The molecule has 0 spiro atoms. The Balaban J connectivity index is 4.05. The minimum atomic E-state index is -1.73. The number of hydrogen-bond donors (Lipinski definition) is 0. The molecule has 2 heteroatoms. The maximum absolute atomic E-state index is 5.64. The van der Waals surface area contributed by atoms with Crippen molar-refractivity contribution in [2.24, 2.45) is 0 Å². The van der Waals surface area contributed by atoms with Crippen LogP contribution in [0.5, 0.6) is 0 Å². The highest BCUT2D eigenvalue weighted by molar-refractivity contribution is 6.82. The highest BCUT2D eigenvalue weighted by atomic mass is 28.4. The molecule has 58 valence electrons. The standard InChI is InChI=1S/C8H16OSi/c1-6-10(5,7-2)9-8(3)4/h6-8H,1-2H2,3-5H3. The van der Waals surface area contributed by atoms with Crippen LogP contribution in [0.25, 0.3) is 0 Å². The predicted molar refractivity (Wildman–Crippen MR) is 48.2 cm³/mol. The van der Waals surface area contributed by atoms with Gasteiger partial charge in [0.25, 0.3) is 0 Å².